The van der Waals surface area contributed by atoms with Crippen LogP contribution in [0.25, 0.3) is 0 Å². The lowest BCUT2D eigenvalue weighted by Crippen LogP contribution is -2.55. The van der Waals surface area contributed by atoms with Crippen molar-refractivity contribution in [2.45, 2.75) is 64.5 Å². The number of carbonyl (C=O) groups is 1. The Labute approximate surface area is 111 Å². The predicted molar refractivity (Wildman–Crippen MR) is 73.3 cm³/mol. The van der Waals surface area contributed by atoms with E-state index >= 15 is 0 Å². The lowest BCUT2D eigenvalue weighted by Gasteiger charge is -2.30. The molecule has 4 heteroatoms. The minimum absolute atomic E-state index is 0.0607. The van der Waals surface area contributed by atoms with Crippen molar-refractivity contribution in [2.75, 3.05) is 13.2 Å². The molecular weight excluding hydrogens is 228 g/mol. The van der Waals surface area contributed by atoms with Gasteiger partial charge in [-0.25, -0.2) is 0 Å². The van der Waals surface area contributed by atoms with Gasteiger partial charge in [0.05, 0.1) is 11.6 Å². The monoisotopic (exact) mass is 256 g/mol. The Morgan fingerprint density at radius 1 is 1.56 bits per heavy atom. The molecule has 0 bridgehead atoms. The van der Waals surface area contributed by atoms with Gasteiger partial charge in [-0.1, -0.05) is 19.8 Å². The zero-order chi connectivity index (χ0) is 13.6. The van der Waals surface area contributed by atoms with Crippen molar-refractivity contribution < 1.29 is 9.53 Å². The standard InChI is InChI=1S/C14H28N2O2/c1-4-8-16-14(3,13(15)17)10-11(2)18-9-7-12-5-6-12/h11-12,16H,4-10H2,1-3H3,(H2,15,17). The molecule has 0 saturated heterocycles. The van der Waals surface area contributed by atoms with Crippen molar-refractivity contribution in [2.24, 2.45) is 11.7 Å². The van der Waals surface area contributed by atoms with Crippen LogP contribution in [0.2, 0.25) is 0 Å². The molecule has 2 unspecified atom stereocenters. The third-order valence-electron chi connectivity index (χ3n) is 3.63. The molecule has 106 valence electrons. The highest BCUT2D eigenvalue weighted by atomic mass is 16.5. The van der Waals surface area contributed by atoms with E-state index in [1.54, 1.807) is 0 Å². The molecule has 1 fully saturated rings. The second-order valence-corrected chi connectivity index (χ2v) is 5.74. The van der Waals surface area contributed by atoms with E-state index in [1.165, 1.54) is 12.8 Å². The van der Waals surface area contributed by atoms with Gasteiger partial charge in [-0.2, -0.15) is 0 Å². The average molecular weight is 256 g/mol. The van der Waals surface area contributed by atoms with Crippen LogP contribution in [0.3, 0.4) is 0 Å². The van der Waals surface area contributed by atoms with E-state index in [9.17, 15) is 4.79 Å². The molecule has 1 saturated carbocycles. The highest BCUT2D eigenvalue weighted by Crippen LogP contribution is 2.32. The minimum Gasteiger partial charge on any atom is -0.378 e. The van der Waals surface area contributed by atoms with Crippen LogP contribution in [0.15, 0.2) is 0 Å². The summed E-state index contributed by atoms with van der Waals surface area (Å²) in [5, 5.41) is 3.23. The van der Waals surface area contributed by atoms with Gasteiger partial charge >= 0.3 is 0 Å². The fraction of sp³-hybridized carbons (Fsp3) is 0.929. The molecule has 0 aromatic rings. The molecule has 1 aliphatic carbocycles. The number of carbonyl (C=O) groups excluding carboxylic acids is 1. The number of nitrogens with one attached hydrogen (secondary N) is 1. The third-order valence-corrected chi connectivity index (χ3v) is 3.63. The van der Waals surface area contributed by atoms with Crippen LogP contribution in [-0.2, 0) is 9.53 Å². The first kappa shape index (κ1) is 15.4. The largest absolute Gasteiger partial charge is 0.378 e. The maximum absolute atomic E-state index is 11.6. The number of nitrogens with two attached hydrogens (primary N) is 1. The highest BCUT2D eigenvalue weighted by molar-refractivity contribution is 5.84. The minimum atomic E-state index is -0.658. The lowest BCUT2D eigenvalue weighted by molar-refractivity contribution is -0.125. The Morgan fingerprint density at radius 2 is 2.22 bits per heavy atom. The van der Waals surface area contributed by atoms with E-state index in [0.717, 1.165) is 31.9 Å². The topological polar surface area (TPSA) is 64.3 Å². The molecular formula is C14H28N2O2. The fourth-order valence-electron chi connectivity index (χ4n) is 2.14. The molecule has 1 rings (SSSR count). The number of hydrogen-bond donors (Lipinski definition) is 2. The molecule has 2 atom stereocenters. The van der Waals surface area contributed by atoms with Gasteiger partial charge in [0.15, 0.2) is 0 Å². The summed E-state index contributed by atoms with van der Waals surface area (Å²) in [6.45, 7) is 7.56. The Morgan fingerprint density at radius 3 is 2.72 bits per heavy atom. The zero-order valence-corrected chi connectivity index (χ0v) is 12.0. The van der Waals surface area contributed by atoms with Gasteiger partial charge < -0.3 is 15.8 Å². The van der Waals surface area contributed by atoms with Crippen molar-refractivity contribution in [3.63, 3.8) is 0 Å². The van der Waals surface area contributed by atoms with E-state index in [-0.39, 0.29) is 12.0 Å². The molecule has 0 aromatic carbocycles. The van der Waals surface area contributed by atoms with Crippen LogP contribution in [0, 0.1) is 5.92 Å². The number of primary amides is 1. The van der Waals surface area contributed by atoms with Crippen molar-refractivity contribution in [1.82, 2.24) is 5.32 Å². The van der Waals surface area contributed by atoms with E-state index in [1.807, 2.05) is 13.8 Å². The van der Waals surface area contributed by atoms with Gasteiger partial charge in [0.2, 0.25) is 5.91 Å². The lowest BCUT2D eigenvalue weighted by atomic mass is 9.93. The average Bonchev–Trinajstić information content (AvgIpc) is 3.10. The molecule has 0 aliphatic heterocycles. The smallest absolute Gasteiger partial charge is 0.237 e. The zero-order valence-electron chi connectivity index (χ0n) is 12.0. The van der Waals surface area contributed by atoms with E-state index in [0.29, 0.717) is 6.42 Å². The van der Waals surface area contributed by atoms with Crippen molar-refractivity contribution in [3.8, 4) is 0 Å². The molecule has 0 aromatic heterocycles. The van der Waals surface area contributed by atoms with Gasteiger partial charge in [-0.05, 0) is 39.2 Å². The van der Waals surface area contributed by atoms with Crippen LogP contribution in [-0.4, -0.2) is 30.7 Å². The van der Waals surface area contributed by atoms with E-state index in [2.05, 4.69) is 12.2 Å². The van der Waals surface area contributed by atoms with Gasteiger partial charge in [0.25, 0.3) is 0 Å². The fourth-order valence-corrected chi connectivity index (χ4v) is 2.14. The van der Waals surface area contributed by atoms with Crippen molar-refractivity contribution in [3.05, 3.63) is 0 Å². The van der Waals surface area contributed by atoms with E-state index in [4.69, 9.17) is 10.5 Å². The van der Waals surface area contributed by atoms with Crippen molar-refractivity contribution in [1.29, 1.82) is 0 Å². The van der Waals surface area contributed by atoms with E-state index < -0.39 is 5.54 Å². The second kappa shape index (κ2) is 7.10. The summed E-state index contributed by atoms with van der Waals surface area (Å²) in [7, 11) is 0. The van der Waals surface area contributed by atoms with Crippen LogP contribution in [0.4, 0.5) is 0 Å². The molecule has 1 aliphatic rings. The number of amides is 1. The SMILES string of the molecule is CCCNC(C)(CC(C)OCCC1CC1)C(N)=O. The Bertz CT molecular complexity index is 267. The summed E-state index contributed by atoms with van der Waals surface area (Å²) in [5.74, 6) is 0.589. The first-order valence-electron chi connectivity index (χ1n) is 7.14. The van der Waals surface area contributed by atoms with Gasteiger partial charge in [0, 0.05) is 13.0 Å². The van der Waals surface area contributed by atoms with Crippen molar-refractivity contribution >= 4 is 5.91 Å². The molecule has 0 heterocycles. The number of rotatable bonds is 10. The summed E-state index contributed by atoms with van der Waals surface area (Å²) < 4.78 is 5.77. The maximum atomic E-state index is 11.6. The van der Waals surface area contributed by atoms with Gasteiger partial charge in [-0.3, -0.25) is 4.79 Å². The van der Waals surface area contributed by atoms with Crippen LogP contribution < -0.4 is 11.1 Å². The first-order chi connectivity index (χ1) is 8.48. The Hall–Kier alpha value is -0.610. The normalized spacial score (nSPS) is 20.4. The van der Waals surface area contributed by atoms with Gasteiger partial charge in [-0.15, -0.1) is 0 Å². The molecule has 0 radical (unpaired) electrons. The molecule has 0 spiro atoms. The Balaban J connectivity index is 2.30. The molecule has 18 heavy (non-hydrogen) atoms. The van der Waals surface area contributed by atoms with Crippen LogP contribution >= 0.6 is 0 Å². The maximum Gasteiger partial charge on any atom is 0.237 e. The highest BCUT2D eigenvalue weighted by Gasteiger charge is 2.32. The summed E-state index contributed by atoms with van der Waals surface area (Å²) in [5.41, 5.74) is 4.83. The van der Waals surface area contributed by atoms with Crippen LogP contribution in [0.1, 0.15) is 52.9 Å². The summed E-state index contributed by atoms with van der Waals surface area (Å²) in [6, 6.07) is 0. The van der Waals surface area contributed by atoms with Gasteiger partial charge in [0.1, 0.15) is 0 Å². The summed E-state index contributed by atoms with van der Waals surface area (Å²) in [6.07, 6.45) is 5.54. The first-order valence-corrected chi connectivity index (χ1v) is 7.14. The Kier molecular flexibility index (Phi) is 6.09. The summed E-state index contributed by atoms with van der Waals surface area (Å²) in [4.78, 5) is 11.6. The number of ether oxygens (including phenoxy) is 1. The molecule has 3 N–H and O–H groups in total. The quantitative estimate of drug-likeness (QED) is 0.626. The molecule has 4 nitrogen and oxygen atoms in total. The third kappa shape index (κ3) is 5.36. The summed E-state index contributed by atoms with van der Waals surface area (Å²) >= 11 is 0. The molecule has 1 amide bonds. The van der Waals surface area contributed by atoms with Crippen LogP contribution in [0.5, 0.6) is 0 Å². The predicted octanol–water partition coefficient (Wildman–Crippen LogP) is 1.83. The number of hydrogen-bond acceptors (Lipinski definition) is 3. The second-order valence-electron chi connectivity index (χ2n) is 5.74.